The summed E-state index contributed by atoms with van der Waals surface area (Å²) in [5, 5.41) is 0.650. The summed E-state index contributed by atoms with van der Waals surface area (Å²) in [7, 11) is 4.20. The summed E-state index contributed by atoms with van der Waals surface area (Å²) in [6.07, 6.45) is 1.16. The van der Waals surface area contributed by atoms with E-state index in [4.69, 9.17) is 17.3 Å². The molecule has 0 unspecified atom stereocenters. The highest BCUT2D eigenvalue weighted by molar-refractivity contribution is 6.33. The molecule has 0 aliphatic heterocycles. The van der Waals surface area contributed by atoms with E-state index in [1.807, 2.05) is 12.1 Å². The highest BCUT2D eigenvalue weighted by Crippen LogP contribution is 2.20. The lowest BCUT2D eigenvalue weighted by Gasteiger charge is -2.23. The smallest absolute Gasteiger partial charge is 0.0638 e. The van der Waals surface area contributed by atoms with E-state index in [0.717, 1.165) is 32.6 Å². The van der Waals surface area contributed by atoms with Crippen molar-refractivity contribution in [1.82, 2.24) is 9.80 Å². The Hall–Kier alpha value is -0.770. The molecule has 0 spiro atoms. The zero-order valence-electron chi connectivity index (χ0n) is 11.6. The predicted octanol–water partition coefficient (Wildman–Crippen LogP) is 2.70. The van der Waals surface area contributed by atoms with E-state index < -0.39 is 0 Å². The van der Waals surface area contributed by atoms with Crippen LogP contribution < -0.4 is 5.73 Å². The zero-order chi connectivity index (χ0) is 13.5. The summed E-state index contributed by atoms with van der Waals surface area (Å²) >= 11 is 6.05. The van der Waals surface area contributed by atoms with Crippen molar-refractivity contribution in [3.05, 3.63) is 28.8 Å². The van der Waals surface area contributed by atoms with Crippen molar-refractivity contribution >= 4 is 17.3 Å². The molecule has 1 aromatic rings. The Morgan fingerprint density at radius 2 is 1.89 bits per heavy atom. The number of rotatable bonds is 7. The lowest BCUT2D eigenvalue weighted by atomic mass is 10.2. The van der Waals surface area contributed by atoms with Crippen molar-refractivity contribution in [3.8, 4) is 0 Å². The number of nitrogens with two attached hydrogens (primary N) is 1. The second-order valence-electron chi connectivity index (χ2n) is 4.94. The van der Waals surface area contributed by atoms with E-state index in [-0.39, 0.29) is 0 Å². The molecule has 1 rings (SSSR count). The number of anilines is 1. The summed E-state index contributed by atoms with van der Waals surface area (Å²) in [5.41, 5.74) is 7.60. The molecule has 0 heterocycles. The van der Waals surface area contributed by atoms with Crippen LogP contribution in [0.4, 0.5) is 5.69 Å². The van der Waals surface area contributed by atoms with Crippen LogP contribution in [0.2, 0.25) is 5.02 Å². The Morgan fingerprint density at radius 1 is 1.17 bits per heavy atom. The van der Waals surface area contributed by atoms with Crippen molar-refractivity contribution < 1.29 is 0 Å². The van der Waals surface area contributed by atoms with Crippen LogP contribution in [0.15, 0.2) is 18.2 Å². The Bertz CT molecular complexity index is 366. The molecule has 102 valence electrons. The van der Waals surface area contributed by atoms with Gasteiger partial charge in [0.1, 0.15) is 0 Å². The molecule has 0 atom stereocenters. The number of halogens is 1. The molecule has 0 amide bonds. The van der Waals surface area contributed by atoms with Gasteiger partial charge in [-0.15, -0.1) is 0 Å². The van der Waals surface area contributed by atoms with E-state index in [2.05, 4.69) is 36.9 Å². The topological polar surface area (TPSA) is 32.5 Å². The number of hydrogen-bond donors (Lipinski definition) is 1. The molecule has 18 heavy (non-hydrogen) atoms. The summed E-state index contributed by atoms with van der Waals surface area (Å²) in [4.78, 5) is 4.65. The lowest BCUT2D eigenvalue weighted by molar-refractivity contribution is 0.234. The molecule has 0 bridgehead atoms. The van der Waals surface area contributed by atoms with Crippen molar-refractivity contribution in [2.45, 2.75) is 19.9 Å². The van der Waals surface area contributed by atoms with Gasteiger partial charge in [0.2, 0.25) is 0 Å². The van der Waals surface area contributed by atoms with Crippen LogP contribution in [0.3, 0.4) is 0 Å². The second-order valence-corrected chi connectivity index (χ2v) is 5.34. The van der Waals surface area contributed by atoms with Crippen molar-refractivity contribution in [1.29, 1.82) is 0 Å². The number of hydrogen-bond acceptors (Lipinski definition) is 3. The average molecular weight is 270 g/mol. The Kier molecular flexibility index (Phi) is 6.47. The van der Waals surface area contributed by atoms with Crippen LogP contribution in [0.5, 0.6) is 0 Å². The van der Waals surface area contributed by atoms with Crippen LogP contribution >= 0.6 is 11.6 Å². The second kappa shape index (κ2) is 7.62. The lowest BCUT2D eigenvalue weighted by Crippen LogP contribution is -2.32. The third-order valence-corrected chi connectivity index (χ3v) is 3.20. The average Bonchev–Trinajstić information content (AvgIpc) is 2.31. The molecule has 0 aliphatic carbocycles. The summed E-state index contributed by atoms with van der Waals surface area (Å²) in [6.45, 7) is 6.39. The summed E-state index contributed by atoms with van der Waals surface area (Å²) < 4.78 is 0. The third kappa shape index (κ3) is 5.25. The third-order valence-electron chi connectivity index (χ3n) is 2.87. The molecule has 0 radical (unpaired) electrons. The van der Waals surface area contributed by atoms with E-state index in [1.54, 1.807) is 0 Å². The molecular formula is C14H24ClN3. The number of nitrogen functional groups attached to an aromatic ring is 1. The maximum absolute atomic E-state index is 6.05. The molecule has 0 aromatic heterocycles. The van der Waals surface area contributed by atoms with E-state index in [0.29, 0.717) is 10.7 Å². The molecule has 0 fully saturated rings. The van der Waals surface area contributed by atoms with Crippen molar-refractivity contribution in [2.24, 2.45) is 0 Å². The number of likely N-dealkylation sites (N-methyl/N-ethyl adjacent to an activating group) is 1. The minimum Gasteiger partial charge on any atom is -0.398 e. The summed E-state index contributed by atoms with van der Waals surface area (Å²) in [5.74, 6) is 0. The first-order chi connectivity index (χ1) is 8.52. The molecule has 2 N–H and O–H groups in total. The number of benzene rings is 1. The standard InChI is InChI=1S/C14H24ClN3/c1-4-7-18(9-8-17(2)3)11-12-5-6-14(16)13(15)10-12/h5-6,10H,4,7-9,11,16H2,1-3H3. The van der Waals surface area contributed by atoms with Crippen LogP contribution in [-0.4, -0.2) is 43.5 Å². The first-order valence-electron chi connectivity index (χ1n) is 6.44. The highest BCUT2D eigenvalue weighted by atomic mass is 35.5. The van der Waals surface area contributed by atoms with Crippen molar-refractivity contribution in [3.63, 3.8) is 0 Å². The normalized spacial score (nSPS) is 11.4. The fourth-order valence-corrected chi connectivity index (χ4v) is 2.06. The number of nitrogens with zero attached hydrogens (tertiary/aromatic N) is 2. The molecule has 0 saturated heterocycles. The fraction of sp³-hybridized carbons (Fsp3) is 0.571. The molecule has 3 nitrogen and oxygen atoms in total. The Balaban J connectivity index is 2.61. The zero-order valence-corrected chi connectivity index (χ0v) is 12.4. The highest BCUT2D eigenvalue weighted by Gasteiger charge is 2.07. The van der Waals surface area contributed by atoms with E-state index in [1.165, 1.54) is 5.56 Å². The van der Waals surface area contributed by atoms with E-state index in [9.17, 15) is 0 Å². The first kappa shape index (κ1) is 15.3. The fourth-order valence-electron chi connectivity index (χ4n) is 1.85. The van der Waals surface area contributed by atoms with Crippen LogP contribution in [0, 0.1) is 0 Å². The SMILES string of the molecule is CCCN(CCN(C)C)Cc1ccc(N)c(Cl)c1. The first-order valence-corrected chi connectivity index (χ1v) is 6.81. The van der Waals surface area contributed by atoms with Gasteiger partial charge in [0.15, 0.2) is 0 Å². The van der Waals surface area contributed by atoms with Crippen LogP contribution in [-0.2, 0) is 6.54 Å². The van der Waals surface area contributed by atoms with Gasteiger partial charge in [-0.25, -0.2) is 0 Å². The molecule has 0 saturated carbocycles. The van der Waals surface area contributed by atoms with E-state index >= 15 is 0 Å². The minimum atomic E-state index is 0.649. The van der Waals surface area contributed by atoms with Gasteiger partial charge in [0, 0.05) is 19.6 Å². The van der Waals surface area contributed by atoms with Gasteiger partial charge in [-0.1, -0.05) is 24.6 Å². The minimum absolute atomic E-state index is 0.649. The quantitative estimate of drug-likeness (QED) is 0.773. The molecule has 0 aliphatic rings. The maximum atomic E-state index is 6.05. The van der Waals surface area contributed by atoms with Gasteiger partial charge < -0.3 is 10.6 Å². The van der Waals surface area contributed by atoms with Crippen LogP contribution in [0.25, 0.3) is 0 Å². The van der Waals surface area contributed by atoms with Crippen LogP contribution in [0.1, 0.15) is 18.9 Å². The summed E-state index contributed by atoms with van der Waals surface area (Å²) in [6, 6.07) is 5.91. The van der Waals surface area contributed by atoms with Gasteiger partial charge >= 0.3 is 0 Å². The van der Waals surface area contributed by atoms with Gasteiger partial charge in [-0.05, 0) is 44.8 Å². The monoisotopic (exact) mass is 269 g/mol. The maximum Gasteiger partial charge on any atom is 0.0638 e. The van der Waals surface area contributed by atoms with Gasteiger partial charge in [0.25, 0.3) is 0 Å². The molecular weight excluding hydrogens is 246 g/mol. The van der Waals surface area contributed by atoms with Gasteiger partial charge in [0.05, 0.1) is 10.7 Å². The van der Waals surface area contributed by atoms with Gasteiger partial charge in [-0.3, -0.25) is 4.90 Å². The predicted molar refractivity (Wildman–Crippen MR) is 80.0 cm³/mol. The molecule has 1 aromatic carbocycles. The van der Waals surface area contributed by atoms with Crippen molar-refractivity contribution in [2.75, 3.05) is 39.5 Å². The van der Waals surface area contributed by atoms with Gasteiger partial charge in [-0.2, -0.15) is 0 Å². The largest absolute Gasteiger partial charge is 0.398 e. The molecule has 4 heteroatoms. The Morgan fingerprint density at radius 3 is 2.44 bits per heavy atom. The Labute approximate surface area is 116 Å².